The van der Waals surface area contributed by atoms with Crippen molar-refractivity contribution in [3.05, 3.63) is 30.1 Å². The van der Waals surface area contributed by atoms with Crippen molar-refractivity contribution in [2.75, 3.05) is 6.26 Å². The molecule has 0 atom stereocenters. The third kappa shape index (κ3) is 2.38. The van der Waals surface area contributed by atoms with Crippen LogP contribution in [0.3, 0.4) is 0 Å². The van der Waals surface area contributed by atoms with Gasteiger partial charge in [0.2, 0.25) is 0 Å². The molecule has 0 heterocycles. The predicted octanol–water partition coefficient (Wildman–Crippen LogP) is -0.648. The maximum atomic E-state index is 12.5. The second-order valence-electron chi connectivity index (χ2n) is 1.55. The fourth-order valence-electron chi connectivity index (χ4n) is 0.559. The van der Waals surface area contributed by atoms with Gasteiger partial charge in [0, 0.05) is 5.82 Å². The van der Waals surface area contributed by atoms with E-state index < -0.39 is 0 Å². The van der Waals surface area contributed by atoms with Gasteiger partial charge in [-0.2, -0.15) is 30.0 Å². The number of halogens is 1. The topological polar surface area (TPSA) is 0 Å². The third-order valence-electron chi connectivity index (χ3n) is 0.990. The summed E-state index contributed by atoms with van der Waals surface area (Å²) in [5, 5.41) is 0. The first-order chi connectivity index (χ1) is 4.34. The van der Waals surface area contributed by atoms with Crippen LogP contribution in [0.1, 0.15) is 0 Å². The van der Waals surface area contributed by atoms with Gasteiger partial charge in [-0.3, -0.25) is 0 Å². The van der Waals surface area contributed by atoms with Crippen molar-refractivity contribution in [2.24, 2.45) is 0 Å². The first kappa shape index (κ1) is 10.1. The normalized spacial score (nSPS) is 8.60. The van der Waals surface area contributed by atoms with Crippen LogP contribution in [0.15, 0.2) is 23.1 Å². The minimum absolute atomic E-state index is 0. The third-order valence-corrected chi connectivity index (χ3v) is 1.75. The molecule has 0 spiro atoms. The molecule has 0 unspecified atom stereocenters. The molecular formula is C7H6FLiS. The molecule has 0 fully saturated rings. The molecule has 0 N–H and O–H groups in total. The second-order valence-corrected chi connectivity index (χ2v) is 2.40. The Hall–Kier alpha value is 0.0974. The van der Waals surface area contributed by atoms with Crippen LogP contribution in [0, 0.1) is 11.9 Å². The van der Waals surface area contributed by atoms with E-state index in [2.05, 4.69) is 6.07 Å². The van der Waals surface area contributed by atoms with Crippen molar-refractivity contribution in [3.8, 4) is 0 Å². The molecule has 10 heavy (non-hydrogen) atoms. The van der Waals surface area contributed by atoms with Crippen LogP contribution in [-0.2, 0) is 0 Å². The van der Waals surface area contributed by atoms with E-state index in [0.717, 1.165) is 0 Å². The molecule has 0 radical (unpaired) electrons. The van der Waals surface area contributed by atoms with Gasteiger partial charge in [-0.1, -0.05) is 4.90 Å². The van der Waals surface area contributed by atoms with Crippen molar-refractivity contribution in [1.29, 1.82) is 0 Å². The molecule has 1 rings (SSSR count). The van der Waals surface area contributed by atoms with Gasteiger partial charge in [-0.15, -0.1) is 6.07 Å². The molecule has 0 saturated carbocycles. The van der Waals surface area contributed by atoms with E-state index in [4.69, 9.17) is 0 Å². The zero-order valence-corrected chi connectivity index (χ0v) is 6.83. The quantitative estimate of drug-likeness (QED) is 0.290. The molecule has 0 nitrogen and oxygen atoms in total. The Morgan fingerprint density at radius 2 is 2.30 bits per heavy atom. The maximum Gasteiger partial charge on any atom is 1.00 e. The number of hydrogen-bond acceptors (Lipinski definition) is 1. The van der Waals surface area contributed by atoms with Crippen molar-refractivity contribution in [2.45, 2.75) is 4.90 Å². The second kappa shape index (κ2) is 4.84. The summed E-state index contributed by atoms with van der Waals surface area (Å²) in [6.07, 6.45) is 1.84. The zero-order valence-electron chi connectivity index (χ0n) is 6.02. The molecule has 0 amide bonds. The molecule has 0 aliphatic carbocycles. The monoisotopic (exact) mass is 148 g/mol. The summed E-state index contributed by atoms with van der Waals surface area (Å²) >= 11 is 1.39. The van der Waals surface area contributed by atoms with Crippen LogP contribution in [0.2, 0.25) is 0 Å². The molecule has 0 aromatic heterocycles. The molecule has 1 aromatic carbocycles. The van der Waals surface area contributed by atoms with E-state index in [-0.39, 0.29) is 24.7 Å². The van der Waals surface area contributed by atoms with Gasteiger partial charge >= 0.3 is 18.9 Å². The molecule has 48 valence electrons. The van der Waals surface area contributed by atoms with Gasteiger partial charge in [-0.05, 0) is 6.26 Å². The van der Waals surface area contributed by atoms with Gasteiger partial charge in [0.05, 0.1) is 0 Å². The van der Waals surface area contributed by atoms with E-state index in [0.29, 0.717) is 4.90 Å². The minimum Gasteiger partial charge on any atom is -0.235 e. The zero-order chi connectivity index (χ0) is 6.69. The predicted molar refractivity (Wildman–Crippen MR) is 37.0 cm³/mol. The van der Waals surface area contributed by atoms with Gasteiger partial charge < -0.3 is 0 Å². The smallest absolute Gasteiger partial charge is 0.235 e. The SMILES string of the molecule is CSc1ccc[c-]c1F.[Li+]. The summed E-state index contributed by atoms with van der Waals surface area (Å²) in [7, 11) is 0. The summed E-state index contributed by atoms with van der Waals surface area (Å²) in [5.74, 6) is -0.259. The van der Waals surface area contributed by atoms with E-state index in [1.807, 2.05) is 6.26 Å². The first-order valence-corrected chi connectivity index (χ1v) is 3.77. The number of thioether (sulfide) groups is 1. The van der Waals surface area contributed by atoms with Gasteiger partial charge in [0.25, 0.3) is 0 Å². The Morgan fingerprint density at radius 1 is 1.60 bits per heavy atom. The molecule has 1 aromatic rings. The van der Waals surface area contributed by atoms with Gasteiger partial charge in [0.1, 0.15) is 0 Å². The standard InChI is InChI=1S/C7H6FS.Li/c1-9-7-5-3-2-4-6(7)8;/h2-3,5H,1H3;/q-1;+1. The number of rotatable bonds is 1. The molecule has 3 heteroatoms. The maximum absolute atomic E-state index is 12.5. The molecule has 0 saturated heterocycles. The summed E-state index contributed by atoms with van der Waals surface area (Å²) in [6.45, 7) is 0. The summed E-state index contributed by atoms with van der Waals surface area (Å²) < 4.78 is 12.5. The van der Waals surface area contributed by atoms with Crippen LogP contribution in [0.4, 0.5) is 4.39 Å². The van der Waals surface area contributed by atoms with Crippen LogP contribution in [-0.4, -0.2) is 6.26 Å². The van der Waals surface area contributed by atoms with Crippen molar-refractivity contribution in [1.82, 2.24) is 0 Å². The molecule has 0 aliphatic rings. The fraction of sp³-hybridized carbons (Fsp3) is 0.143. The largest absolute Gasteiger partial charge is 1.00 e. The molecular weight excluding hydrogens is 142 g/mol. The Balaban J connectivity index is 0.000000810. The molecule has 0 aliphatic heterocycles. The van der Waals surface area contributed by atoms with Crippen molar-refractivity contribution >= 4 is 11.8 Å². The average molecular weight is 148 g/mol. The summed E-state index contributed by atoms with van der Waals surface area (Å²) in [4.78, 5) is 0.650. The Bertz CT molecular complexity index is 203. The minimum atomic E-state index is -0.259. The molecule has 0 bridgehead atoms. The summed E-state index contributed by atoms with van der Waals surface area (Å²) in [6, 6.07) is 7.53. The van der Waals surface area contributed by atoms with E-state index in [1.165, 1.54) is 11.8 Å². The van der Waals surface area contributed by atoms with Crippen molar-refractivity contribution in [3.63, 3.8) is 0 Å². The first-order valence-electron chi connectivity index (χ1n) is 2.55. The van der Waals surface area contributed by atoms with Gasteiger partial charge in [-0.25, -0.2) is 4.39 Å². The van der Waals surface area contributed by atoms with Crippen LogP contribution in [0.25, 0.3) is 0 Å². The van der Waals surface area contributed by atoms with Crippen LogP contribution < -0.4 is 18.9 Å². The van der Waals surface area contributed by atoms with Crippen molar-refractivity contribution < 1.29 is 23.3 Å². The Morgan fingerprint density at radius 3 is 2.70 bits per heavy atom. The van der Waals surface area contributed by atoms with E-state index in [9.17, 15) is 4.39 Å². The Labute approximate surface area is 76.4 Å². The number of hydrogen-bond donors (Lipinski definition) is 0. The Kier molecular flexibility index (Phi) is 4.89. The summed E-state index contributed by atoms with van der Waals surface area (Å²) in [5.41, 5.74) is 0. The average Bonchev–Trinajstić information content (AvgIpc) is 1.89. The number of benzene rings is 1. The fourth-order valence-corrected chi connectivity index (χ4v) is 1.01. The van der Waals surface area contributed by atoms with E-state index >= 15 is 0 Å². The van der Waals surface area contributed by atoms with Crippen LogP contribution in [0.5, 0.6) is 0 Å². The van der Waals surface area contributed by atoms with Gasteiger partial charge in [0.15, 0.2) is 0 Å². The van der Waals surface area contributed by atoms with E-state index in [1.54, 1.807) is 18.2 Å². The van der Waals surface area contributed by atoms with Crippen LogP contribution >= 0.6 is 11.8 Å².